The summed E-state index contributed by atoms with van der Waals surface area (Å²) in [5, 5.41) is 9.33. The van der Waals surface area contributed by atoms with Gasteiger partial charge in [0.2, 0.25) is 0 Å². The molecule has 0 amide bonds. The standard InChI is InChI=1S/C27H28F6O6/c1-3-36-23(24(34)35)15-20-7-4-5-9-22(20)37-14-11-19(2)10-13-25(39-18-27(31,32)33)12-6-8-21(16-25)38-17-26(28,29)30/h4-9,11-12,23H,3,14-18H2,1-2H3,(H,34,35)/t23-,25?/m0/s1. The zero-order chi connectivity index (χ0) is 29.1. The number of carbonyl (C=O) groups is 1. The van der Waals surface area contributed by atoms with Crippen molar-refractivity contribution in [2.75, 3.05) is 26.4 Å². The predicted octanol–water partition coefficient (Wildman–Crippen LogP) is 5.79. The summed E-state index contributed by atoms with van der Waals surface area (Å²) in [7, 11) is 0. The summed E-state index contributed by atoms with van der Waals surface area (Å²) in [5.74, 6) is 4.33. The van der Waals surface area contributed by atoms with Crippen LogP contribution in [0.1, 0.15) is 25.8 Å². The van der Waals surface area contributed by atoms with Gasteiger partial charge in [0.1, 0.15) is 24.7 Å². The zero-order valence-electron chi connectivity index (χ0n) is 21.2. The Morgan fingerprint density at radius 2 is 1.82 bits per heavy atom. The number of rotatable bonds is 12. The minimum atomic E-state index is -4.69. The second kappa shape index (κ2) is 14.1. The number of aliphatic carboxylic acids is 1. The van der Waals surface area contributed by atoms with Crippen LogP contribution in [-0.2, 0) is 25.4 Å². The van der Waals surface area contributed by atoms with E-state index in [4.69, 9.17) is 18.9 Å². The number of hydrogen-bond acceptors (Lipinski definition) is 5. The molecule has 0 spiro atoms. The first-order valence-corrected chi connectivity index (χ1v) is 11.8. The maximum atomic E-state index is 12.8. The molecular weight excluding hydrogens is 534 g/mol. The monoisotopic (exact) mass is 562 g/mol. The van der Waals surface area contributed by atoms with Crippen LogP contribution >= 0.6 is 0 Å². The van der Waals surface area contributed by atoms with E-state index in [1.807, 2.05) is 0 Å². The molecule has 0 radical (unpaired) electrons. The lowest BCUT2D eigenvalue weighted by Gasteiger charge is -2.29. The van der Waals surface area contributed by atoms with Crippen molar-refractivity contribution in [1.29, 1.82) is 0 Å². The maximum absolute atomic E-state index is 12.8. The highest BCUT2D eigenvalue weighted by molar-refractivity contribution is 5.73. The van der Waals surface area contributed by atoms with Crippen molar-refractivity contribution < 1.29 is 55.2 Å². The Balaban J connectivity index is 2.14. The smallest absolute Gasteiger partial charge is 0.422 e. The summed E-state index contributed by atoms with van der Waals surface area (Å²) >= 11 is 0. The average molecular weight is 563 g/mol. The Morgan fingerprint density at radius 1 is 1.13 bits per heavy atom. The summed E-state index contributed by atoms with van der Waals surface area (Å²) in [6.07, 6.45) is -5.56. The van der Waals surface area contributed by atoms with E-state index in [0.717, 1.165) is 0 Å². The lowest BCUT2D eigenvalue weighted by molar-refractivity contribution is -0.191. The first kappa shape index (κ1) is 31.8. The van der Waals surface area contributed by atoms with E-state index in [1.54, 1.807) is 44.2 Å². The number of halogens is 6. The minimum absolute atomic E-state index is 0.00397. The number of carboxylic acids is 1. The fraction of sp³-hybridized carbons (Fsp3) is 0.444. The van der Waals surface area contributed by atoms with E-state index in [-0.39, 0.29) is 25.4 Å². The highest BCUT2D eigenvalue weighted by Gasteiger charge is 2.38. The van der Waals surface area contributed by atoms with Crippen molar-refractivity contribution >= 4 is 5.97 Å². The summed E-state index contributed by atoms with van der Waals surface area (Å²) in [6, 6.07) is 6.77. The van der Waals surface area contributed by atoms with Gasteiger partial charge in [0.05, 0.1) is 0 Å². The molecule has 2 rings (SSSR count). The number of para-hydroxylation sites is 1. The largest absolute Gasteiger partial charge is 0.489 e. The Kier molecular flexibility index (Phi) is 11.5. The van der Waals surface area contributed by atoms with Crippen LogP contribution in [0.25, 0.3) is 0 Å². The third kappa shape index (κ3) is 11.9. The second-order valence-electron chi connectivity index (χ2n) is 8.41. The first-order chi connectivity index (χ1) is 18.2. The van der Waals surface area contributed by atoms with E-state index in [1.165, 1.54) is 18.2 Å². The number of allylic oxidation sites excluding steroid dienone is 3. The van der Waals surface area contributed by atoms with Crippen molar-refractivity contribution in [3.05, 3.63) is 65.5 Å². The number of hydrogen-bond donors (Lipinski definition) is 1. The fourth-order valence-electron chi connectivity index (χ4n) is 3.34. The Bertz CT molecular complexity index is 1130. The molecule has 0 heterocycles. The zero-order valence-corrected chi connectivity index (χ0v) is 21.2. The van der Waals surface area contributed by atoms with Crippen molar-refractivity contribution in [2.24, 2.45) is 0 Å². The highest BCUT2D eigenvalue weighted by atomic mass is 19.4. The van der Waals surface area contributed by atoms with Crippen LogP contribution in [0.2, 0.25) is 0 Å². The molecular formula is C27H28F6O6. The molecule has 0 bridgehead atoms. The van der Waals surface area contributed by atoms with Crippen molar-refractivity contribution in [1.82, 2.24) is 0 Å². The van der Waals surface area contributed by atoms with Gasteiger partial charge in [0.25, 0.3) is 0 Å². The quantitative estimate of drug-likeness (QED) is 0.257. The first-order valence-electron chi connectivity index (χ1n) is 11.8. The molecule has 0 fully saturated rings. The van der Waals surface area contributed by atoms with Gasteiger partial charge in [-0.15, -0.1) is 0 Å². The summed E-state index contributed by atoms with van der Waals surface area (Å²) < 4.78 is 96.8. The molecule has 1 aromatic rings. The molecule has 1 N–H and O–H groups in total. The number of benzene rings is 1. The molecule has 2 atom stereocenters. The topological polar surface area (TPSA) is 74.2 Å². The molecule has 0 saturated heterocycles. The van der Waals surface area contributed by atoms with Crippen LogP contribution in [-0.4, -0.2) is 61.6 Å². The predicted molar refractivity (Wildman–Crippen MR) is 129 cm³/mol. The Morgan fingerprint density at radius 3 is 2.46 bits per heavy atom. The van der Waals surface area contributed by atoms with Crippen molar-refractivity contribution in [3.8, 4) is 17.6 Å². The minimum Gasteiger partial charge on any atom is -0.489 e. The average Bonchev–Trinajstić information content (AvgIpc) is 2.85. The van der Waals surface area contributed by atoms with Gasteiger partial charge < -0.3 is 24.1 Å². The van der Waals surface area contributed by atoms with E-state index < -0.39 is 49.7 Å². The van der Waals surface area contributed by atoms with E-state index in [9.17, 15) is 36.2 Å². The Hall–Kier alpha value is -3.43. The molecule has 1 aliphatic rings. The summed E-state index contributed by atoms with van der Waals surface area (Å²) in [4.78, 5) is 11.4. The van der Waals surface area contributed by atoms with Gasteiger partial charge in [0.15, 0.2) is 18.3 Å². The van der Waals surface area contributed by atoms with Crippen LogP contribution in [0, 0.1) is 11.8 Å². The summed E-state index contributed by atoms with van der Waals surface area (Å²) in [6.45, 7) is 0.191. The van der Waals surface area contributed by atoms with Crippen LogP contribution in [0.15, 0.2) is 59.9 Å². The van der Waals surface area contributed by atoms with Gasteiger partial charge in [-0.05, 0) is 49.3 Å². The molecule has 214 valence electrons. The van der Waals surface area contributed by atoms with E-state index in [2.05, 4.69) is 11.8 Å². The lowest BCUT2D eigenvalue weighted by Crippen LogP contribution is -2.35. The van der Waals surface area contributed by atoms with Crippen LogP contribution in [0.5, 0.6) is 5.75 Å². The van der Waals surface area contributed by atoms with Gasteiger partial charge in [0, 0.05) is 19.4 Å². The molecule has 1 unspecified atom stereocenters. The van der Waals surface area contributed by atoms with Gasteiger partial charge >= 0.3 is 18.3 Å². The highest BCUT2D eigenvalue weighted by Crippen LogP contribution is 2.31. The van der Waals surface area contributed by atoms with Crippen molar-refractivity contribution in [3.63, 3.8) is 0 Å². The number of ether oxygens (including phenoxy) is 4. The molecule has 12 heteroatoms. The molecule has 0 aromatic heterocycles. The van der Waals surface area contributed by atoms with E-state index >= 15 is 0 Å². The van der Waals surface area contributed by atoms with Gasteiger partial charge in [-0.1, -0.05) is 36.1 Å². The maximum Gasteiger partial charge on any atom is 0.422 e. The molecule has 1 aromatic carbocycles. The van der Waals surface area contributed by atoms with Crippen LogP contribution in [0.4, 0.5) is 26.3 Å². The lowest BCUT2D eigenvalue weighted by atomic mass is 9.93. The molecule has 0 aliphatic heterocycles. The van der Waals surface area contributed by atoms with Crippen LogP contribution < -0.4 is 4.74 Å². The third-order valence-corrected chi connectivity index (χ3v) is 5.12. The van der Waals surface area contributed by atoms with E-state index in [0.29, 0.717) is 16.9 Å². The molecule has 0 saturated carbocycles. The van der Waals surface area contributed by atoms with Gasteiger partial charge in [-0.2, -0.15) is 26.3 Å². The molecule has 6 nitrogen and oxygen atoms in total. The third-order valence-electron chi connectivity index (χ3n) is 5.12. The van der Waals surface area contributed by atoms with Crippen molar-refractivity contribution in [2.45, 2.75) is 50.7 Å². The normalized spacial score (nSPS) is 18.6. The van der Waals surface area contributed by atoms with Gasteiger partial charge in [-0.25, -0.2) is 4.79 Å². The molecule has 39 heavy (non-hydrogen) atoms. The van der Waals surface area contributed by atoms with Crippen LogP contribution in [0.3, 0.4) is 0 Å². The molecule has 1 aliphatic carbocycles. The Labute approximate surface area is 221 Å². The SMILES string of the molecule is CCO[C@@H](Cc1ccccc1OCC=C(C)C#CC1(OCC(F)(F)F)C=CC=C(OCC(F)(F)F)C1)C(=O)O. The number of carboxylic acid groups (broad SMARTS) is 1. The van der Waals surface area contributed by atoms with Gasteiger partial charge in [-0.3, -0.25) is 0 Å². The summed E-state index contributed by atoms with van der Waals surface area (Å²) in [5.41, 5.74) is -0.875. The fourth-order valence-corrected chi connectivity index (χ4v) is 3.34. The second-order valence-corrected chi connectivity index (χ2v) is 8.41. The number of alkyl halides is 6.